The van der Waals surface area contributed by atoms with Gasteiger partial charge < -0.3 is 46.4 Å². The molecule has 0 amide bonds. The zero-order chi connectivity index (χ0) is 18.7. The topological polar surface area (TPSA) is 148 Å². The summed E-state index contributed by atoms with van der Waals surface area (Å²) in [6.07, 6.45) is 0. The Morgan fingerprint density at radius 1 is 0.565 bits per heavy atom. The standard InChI is InChI=1S/2C3H9O4Si.2C2H5O.Ti/c2*1-5-8(4,6-2)7-3;2*1-2-3;/h2*1-3H3;2*2H2,1H3;/q4*-1;+4. The third kappa shape index (κ3) is 27.9. The van der Waals surface area contributed by atoms with Gasteiger partial charge in [-0.1, -0.05) is 13.8 Å². The van der Waals surface area contributed by atoms with E-state index in [1.807, 2.05) is 0 Å². The van der Waals surface area contributed by atoms with Gasteiger partial charge in [-0.2, -0.15) is 0 Å². The van der Waals surface area contributed by atoms with Gasteiger partial charge >= 0.3 is 39.8 Å². The molecule has 0 atom stereocenters. The van der Waals surface area contributed by atoms with Gasteiger partial charge in [-0.05, 0) is 0 Å². The fourth-order valence-electron chi connectivity index (χ4n) is 0.500. The first-order chi connectivity index (χ1) is 10.2. The van der Waals surface area contributed by atoms with E-state index in [0.717, 1.165) is 0 Å². The Balaban J connectivity index is -0.0000000680. The van der Waals surface area contributed by atoms with E-state index < -0.39 is 18.1 Å². The smallest absolute Gasteiger partial charge is 0.855 e. The van der Waals surface area contributed by atoms with Crippen LogP contribution in [0.2, 0.25) is 0 Å². The molecular weight excluding hydrogens is 384 g/mol. The summed E-state index contributed by atoms with van der Waals surface area (Å²) in [6.45, 7) is 3.14. The fourth-order valence-corrected chi connectivity index (χ4v) is 1.50. The van der Waals surface area contributed by atoms with E-state index in [0.29, 0.717) is 0 Å². The Morgan fingerprint density at radius 2 is 0.652 bits per heavy atom. The molecule has 140 valence electrons. The zero-order valence-electron chi connectivity index (χ0n) is 15.0. The molecule has 0 radical (unpaired) electrons. The van der Waals surface area contributed by atoms with E-state index in [9.17, 15) is 9.59 Å². The molecule has 0 N–H and O–H groups in total. The van der Waals surface area contributed by atoms with Crippen molar-refractivity contribution in [3.05, 3.63) is 0 Å². The maximum Gasteiger partial charge on any atom is 4.00 e. The maximum atomic E-state index is 10.7. The van der Waals surface area contributed by atoms with Crippen LogP contribution in [0.1, 0.15) is 13.8 Å². The van der Waals surface area contributed by atoms with Crippen LogP contribution < -0.4 is 19.8 Å². The minimum absolute atomic E-state index is 0. The van der Waals surface area contributed by atoms with Gasteiger partial charge in [0, 0.05) is 42.7 Å². The van der Waals surface area contributed by atoms with Crippen molar-refractivity contribution in [2.45, 2.75) is 13.8 Å². The summed E-state index contributed by atoms with van der Waals surface area (Å²) >= 11 is 0. The molecule has 0 aromatic heterocycles. The van der Waals surface area contributed by atoms with Gasteiger partial charge in [-0.3, -0.25) is 0 Å². The summed E-state index contributed by atoms with van der Waals surface area (Å²) in [5.74, 6) is 0. The molecule has 0 bridgehead atoms. The van der Waals surface area contributed by atoms with Crippen molar-refractivity contribution in [2.75, 3.05) is 55.9 Å². The van der Waals surface area contributed by atoms with Gasteiger partial charge in [-0.25, -0.2) is 0 Å². The summed E-state index contributed by atoms with van der Waals surface area (Å²) in [5, 5.41) is 17.9. The predicted octanol–water partition coefficient (Wildman–Crippen LogP) is -3.83. The van der Waals surface area contributed by atoms with Crippen molar-refractivity contribution >= 4 is 18.1 Å². The zero-order valence-corrected chi connectivity index (χ0v) is 18.6. The van der Waals surface area contributed by atoms with E-state index in [4.69, 9.17) is 10.2 Å². The molecule has 0 rings (SSSR count). The quantitative estimate of drug-likeness (QED) is 0.397. The predicted molar refractivity (Wildman–Crippen MR) is 74.6 cm³/mol. The second kappa shape index (κ2) is 25.0. The number of hydrogen-bond donors (Lipinski definition) is 0. The fraction of sp³-hybridized carbons (Fsp3) is 1.00. The molecule has 0 aliphatic carbocycles. The van der Waals surface area contributed by atoms with Gasteiger partial charge in [0.05, 0.1) is 0 Å². The first-order valence-corrected chi connectivity index (χ1v) is 9.34. The molecular formula is C10H28O10Si2Ti. The van der Waals surface area contributed by atoms with Crippen molar-refractivity contribution in [3.63, 3.8) is 0 Å². The van der Waals surface area contributed by atoms with Crippen LogP contribution in [0.15, 0.2) is 0 Å². The van der Waals surface area contributed by atoms with E-state index in [1.54, 1.807) is 13.8 Å². The molecule has 0 saturated carbocycles. The van der Waals surface area contributed by atoms with E-state index in [2.05, 4.69) is 26.6 Å². The molecule has 0 aliphatic heterocycles. The summed E-state index contributed by atoms with van der Waals surface area (Å²) in [7, 11) is 0.778. The summed E-state index contributed by atoms with van der Waals surface area (Å²) in [4.78, 5) is 21.4. The van der Waals surface area contributed by atoms with Crippen LogP contribution in [-0.2, 0) is 48.3 Å². The van der Waals surface area contributed by atoms with Crippen molar-refractivity contribution in [3.8, 4) is 0 Å². The maximum absolute atomic E-state index is 10.7. The molecule has 0 fully saturated rings. The van der Waals surface area contributed by atoms with Crippen LogP contribution in [0, 0.1) is 0 Å². The van der Waals surface area contributed by atoms with Gasteiger partial charge in [0.2, 0.25) is 0 Å². The SMILES string of the molecule is CC[O-].CC[O-].CO[Si]([O-])(OC)OC.CO[Si]([O-])(OC)OC.[Ti+4]. The monoisotopic (exact) mass is 412 g/mol. The van der Waals surface area contributed by atoms with Crippen molar-refractivity contribution in [1.82, 2.24) is 0 Å². The normalized spacial score (nSPS) is 9.91. The minimum atomic E-state index is -3.42. The molecule has 0 aromatic rings. The number of hydrogen-bond acceptors (Lipinski definition) is 10. The van der Waals surface area contributed by atoms with Crippen LogP contribution in [0.3, 0.4) is 0 Å². The van der Waals surface area contributed by atoms with Gasteiger partial charge in [0.15, 0.2) is 0 Å². The van der Waals surface area contributed by atoms with Gasteiger partial charge in [-0.15, -0.1) is 13.2 Å². The Labute approximate surface area is 156 Å². The van der Waals surface area contributed by atoms with E-state index in [1.165, 1.54) is 42.7 Å². The average Bonchev–Trinajstić information content (AvgIpc) is 2.55. The summed E-state index contributed by atoms with van der Waals surface area (Å²) < 4.78 is 26.2. The molecule has 0 heterocycles. The molecule has 0 spiro atoms. The second-order valence-electron chi connectivity index (χ2n) is 2.80. The summed E-state index contributed by atoms with van der Waals surface area (Å²) in [6, 6.07) is 0. The molecule has 0 aliphatic rings. The van der Waals surface area contributed by atoms with Crippen molar-refractivity contribution in [2.24, 2.45) is 0 Å². The first-order valence-electron chi connectivity index (χ1n) is 6.07. The largest absolute Gasteiger partial charge is 4.00 e. The Morgan fingerprint density at radius 3 is 0.652 bits per heavy atom. The molecule has 0 aromatic carbocycles. The Kier molecular flexibility index (Phi) is 38.0. The second-order valence-corrected chi connectivity index (χ2v) is 7.25. The molecule has 0 unspecified atom stereocenters. The Hall–Kier alpha value is 0.748. The molecule has 10 nitrogen and oxygen atoms in total. The minimum Gasteiger partial charge on any atom is -0.855 e. The van der Waals surface area contributed by atoms with E-state index >= 15 is 0 Å². The van der Waals surface area contributed by atoms with Gasteiger partial charge in [0.25, 0.3) is 0 Å². The number of rotatable bonds is 6. The van der Waals surface area contributed by atoms with Crippen LogP contribution >= 0.6 is 0 Å². The van der Waals surface area contributed by atoms with Crippen molar-refractivity contribution < 1.29 is 68.1 Å². The molecule has 13 heteroatoms. The molecule has 0 saturated heterocycles. The van der Waals surface area contributed by atoms with E-state index in [-0.39, 0.29) is 34.9 Å². The van der Waals surface area contributed by atoms with Crippen LogP contribution in [0.25, 0.3) is 0 Å². The molecule has 23 heavy (non-hydrogen) atoms. The van der Waals surface area contributed by atoms with Crippen molar-refractivity contribution in [1.29, 1.82) is 0 Å². The first kappa shape index (κ1) is 35.0. The van der Waals surface area contributed by atoms with Crippen LogP contribution in [-0.4, -0.2) is 74.0 Å². The Bertz CT molecular complexity index is 160. The van der Waals surface area contributed by atoms with Gasteiger partial charge in [0.1, 0.15) is 0 Å². The average molecular weight is 412 g/mol. The third-order valence-corrected chi connectivity index (χ3v) is 4.50. The van der Waals surface area contributed by atoms with Crippen LogP contribution in [0.4, 0.5) is 0 Å². The summed E-state index contributed by atoms with van der Waals surface area (Å²) in [5.41, 5.74) is 0. The van der Waals surface area contributed by atoms with Crippen LogP contribution in [0.5, 0.6) is 0 Å². The third-order valence-electron chi connectivity index (χ3n) is 1.50.